The van der Waals surface area contributed by atoms with Gasteiger partial charge >= 0.3 is 11.9 Å². The second-order valence-corrected chi connectivity index (χ2v) is 7.88. The van der Waals surface area contributed by atoms with Gasteiger partial charge in [-0.1, -0.05) is 45.4 Å². The third-order valence-electron chi connectivity index (χ3n) is 5.45. The molecule has 28 heavy (non-hydrogen) atoms. The molecule has 1 aromatic carbocycles. The fraction of sp³-hybridized carbons (Fsp3) is 0.524. The first-order valence-electron chi connectivity index (χ1n) is 9.70. The number of hydrogen-bond acceptors (Lipinski definition) is 6. The van der Waals surface area contributed by atoms with E-state index in [0.717, 1.165) is 19.3 Å². The number of hydrogen-bond donors (Lipinski definition) is 1. The Hall–Kier alpha value is -2.70. The fourth-order valence-electron chi connectivity index (χ4n) is 3.92. The maximum absolute atomic E-state index is 12.4. The lowest BCUT2D eigenvalue weighted by molar-refractivity contribution is -0.159. The lowest BCUT2D eigenvalue weighted by atomic mass is 9.75. The number of benzene rings is 1. The highest BCUT2D eigenvalue weighted by atomic mass is 16.6. The second-order valence-electron chi connectivity index (χ2n) is 7.88. The summed E-state index contributed by atoms with van der Waals surface area (Å²) in [6.45, 7) is 5.94. The third-order valence-corrected chi connectivity index (χ3v) is 5.45. The van der Waals surface area contributed by atoms with Crippen LogP contribution < -0.4 is 5.56 Å². The molecule has 1 heterocycles. The van der Waals surface area contributed by atoms with Crippen molar-refractivity contribution in [2.24, 2.45) is 17.8 Å². The molecule has 0 unspecified atom stereocenters. The molecule has 0 saturated heterocycles. The van der Waals surface area contributed by atoms with E-state index in [1.54, 1.807) is 24.3 Å². The summed E-state index contributed by atoms with van der Waals surface area (Å²) in [4.78, 5) is 36.4. The predicted octanol–water partition coefficient (Wildman–Crippen LogP) is 3.08. The maximum atomic E-state index is 12.4. The Morgan fingerprint density at radius 1 is 1.21 bits per heavy atom. The summed E-state index contributed by atoms with van der Waals surface area (Å²) in [5.41, 5.74) is -0.424. The second kappa shape index (κ2) is 8.54. The summed E-state index contributed by atoms with van der Waals surface area (Å²) in [5.74, 6) is -0.0917. The molecular weight excluding hydrogens is 360 g/mol. The number of H-pyrrole nitrogens is 1. The molecule has 3 atom stereocenters. The average Bonchev–Trinajstić information content (AvgIpc) is 2.66. The van der Waals surface area contributed by atoms with Crippen LogP contribution in [0.15, 0.2) is 29.1 Å². The van der Waals surface area contributed by atoms with Gasteiger partial charge in [-0.25, -0.2) is 14.7 Å². The van der Waals surface area contributed by atoms with Crippen LogP contribution in [-0.4, -0.2) is 34.8 Å². The van der Waals surface area contributed by atoms with Crippen LogP contribution in [0.2, 0.25) is 0 Å². The zero-order valence-electron chi connectivity index (χ0n) is 16.4. The highest BCUT2D eigenvalue weighted by Crippen LogP contribution is 2.35. The van der Waals surface area contributed by atoms with E-state index in [2.05, 4.69) is 31.0 Å². The van der Waals surface area contributed by atoms with E-state index in [-0.39, 0.29) is 11.8 Å². The van der Waals surface area contributed by atoms with E-state index < -0.39 is 24.1 Å². The van der Waals surface area contributed by atoms with Crippen LogP contribution in [0.4, 0.5) is 0 Å². The van der Waals surface area contributed by atoms with Crippen LogP contribution in [-0.2, 0) is 14.3 Å². The Kier molecular flexibility index (Phi) is 6.11. The van der Waals surface area contributed by atoms with Gasteiger partial charge in [0.05, 0.1) is 5.39 Å². The molecule has 1 saturated carbocycles. The summed E-state index contributed by atoms with van der Waals surface area (Å²) in [5, 5.41) is 6.77. The van der Waals surface area contributed by atoms with Gasteiger partial charge in [-0.05, 0) is 36.7 Å². The number of nitrogens with zero attached hydrogens (tertiary/aromatic N) is 1. The molecule has 7 nitrogen and oxygen atoms in total. The van der Waals surface area contributed by atoms with E-state index in [1.165, 1.54) is 0 Å². The summed E-state index contributed by atoms with van der Waals surface area (Å²) in [7, 11) is 0. The summed E-state index contributed by atoms with van der Waals surface area (Å²) in [6.07, 6.45) is 2.84. The highest BCUT2D eigenvalue weighted by molar-refractivity contribution is 6.02. The van der Waals surface area contributed by atoms with Gasteiger partial charge in [0.2, 0.25) is 0 Å². The van der Waals surface area contributed by atoms with E-state index in [1.807, 2.05) is 0 Å². The van der Waals surface area contributed by atoms with Gasteiger partial charge in [-0.3, -0.25) is 4.79 Å². The molecule has 0 spiro atoms. The van der Waals surface area contributed by atoms with Crippen LogP contribution in [0.3, 0.4) is 0 Å². The number of carbonyl (C=O) groups is 2. The molecule has 2 aromatic rings. The number of rotatable bonds is 5. The minimum Gasteiger partial charge on any atom is -0.460 e. The number of nitrogens with one attached hydrogen (secondary N) is 1. The zero-order chi connectivity index (χ0) is 20.3. The SMILES string of the molecule is CC(C)[C@H]1CC[C@H](C)C[C@H]1OC(=O)COC(=O)c1n[nH]c(=O)c2ccccc12. The van der Waals surface area contributed by atoms with Crippen molar-refractivity contribution in [3.05, 3.63) is 40.3 Å². The van der Waals surface area contributed by atoms with Crippen molar-refractivity contribution in [1.29, 1.82) is 0 Å². The Bertz CT molecular complexity index is 920. The molecule has 0 bridgehead atoms. The fourth-order valence-corrected chi connectivity index (χ4v) is 3.92. The predicted molar refractivity (Wildman–Crippen MR) is 104 cm³/mol. The quantitative estimate of drug-likeness (QED) is 0.793. The van der Waals surface area contributed by atoms with Crippen LogP contribution >= 0.6 is 0 Å². The van der Waals surface area contributed by atoms with Crippen LogP contribution in [0, 0.1) is 17.8 Å². The number of aromatic nitrogens is 2. The van der Waals surface area contributed by atoms with Crippen LogP contribution in [0.25, 0.3) is 10.8 Å². The minimum absolute atomic E-state index is 0.0330. The Balaban J connectivity index is 1.64. The van der Waals surface area contributed by atoms with Crippen molar-refractivity contribution >= 4 is 22.7 Å². The summed E-state index contributed by atoms with van der Waals surface area (Å²) < 4.78 is 10.7. The van der Waals surface area contributed by atoms with Crippen molar-refractivity contribution < 1.29 is 19.1 Å². The molecule has 1 aliphatic carbocycles. The molecule has 1 aromatic heterocycles. The van der Waals surface area contributed by atoms with Gasteiger partial charge in [0.25, 0.3) is 5.56 Å². The first-order chi connectivity index (χ1) is 13.4. The lowest BCUT2D eigenvalue weighted by Crippen LogP contribution is -2.36. The number of esters is 2. The first-order valence-corrected chi connectivity index (χ1v) is 9.70. The Morgan fingerprint density at radius 2 is 1.93 bits per heavy atom. The van der Waals surface area contributed by atoms with E-state index in [0.29, 0.717) is 28.5 Å². The molecule has 0 amide bonds. The maximum Gasteiger partial charge on any atom is 0.360 e. The third kappa shape index (κ3) is 4.40. The Labute approximate surface area is 163 Å². The molecule has 150 valence electrons. The largest absolute Gasteiger partial charge is 0.460 e. The van der Waals surface area contributed by atoms with Crippen LogP contribution in [0.5, 0.6) is 0 Å². The number of carbonyl (C=O) groups excluding carboxylic acids is 2. The van der Waals surface area contributed by atoms with Crippen molar-refractivity contribution in [3.8, 4) is 0 Å². The molecule has 3 rings (SSSR count). The zero-order valence-corrected chi connectivity index (χ0v) is 16.4. The van der Waals surface area contributed by atoms with Gasteiger partial charge in [0.15, 0.2) is 12.3 Å². The van der Waals surface area contributed by atoms with Gasteiger partial charge in [0.1, 0.15) is 6.10 Å². The Morgan fingerprint density at radius 3 is 2.64 bits per heavy atom. The molecule has 0 aliphatic heterocycles. The van der Waals surface area contributed by atoms with Crippen molar-refractivity contribution in [2.45, 2.75) is 46.1 Å². The topological polar surface area (TPSA) is 98.3 Å². The van der Waals surface area contributed by atoms with E-state index in [9.17, 15) is 14.4 Å². The van der Waals surface area contributed by atoms with E-state index >= 15 is 0 Å². The smallest absolute Gasteiger partial charge is 0.360 e. The van der Waals surface area contributed by atoms with Crippen molar-refractivity contribution in [2.75, 3.05) is 6.61 Å². The number of ether oxygens (including phenoxy) is 2. The van der Waals surface area contributed by atoms with Gasteiger partial charge in [-0.2, -0.15) is 5.10 Å². The monoisotopic (exact) mass is 386 g/mol. The molecule has 1 fully saturated rings. The normalized spacial score (nSPS) is 22.2. The van der Waals surface area contributed by atoms with E-state index in [4.69, 9.17) is 9.47 Å². The standard InChI is InChI=1S/C21H26N2O5/c1-12(2)14-9-8-13(3)10-17(14)28-18(24)11-27-21(26)19-15-6-4-5-7-16(15)20(25)23-22-19/h4-7,12-14,17H,8-11H2,1-3H3,(H,23,25)/t13-,14+,17+/m0/s1. The minimum atomic E-state index is -0.776. The lowest BCUT2D eigenvalue weighted by Gasteiger charge is -2.36. The summed E-state index contributed by atoms with van der Waals surface area (Å²) in [6, 6.07) is 6.60. The highest BCUT2D eigenvalue weighted by Gasteiger charge is 2.33. The molecular formula is C21H26N2O5. The van der Waals surface area contributed by atoms with Gasteiger partial charge in [0, 0.05) is 5.39 Å². The number of fused-ring (bicyclic) bond motifs is 1. The molecule has 7 heteroatoms. The molecule has 0 radical (unpaired) electrons. The van der Waals surface area contributed by atoms with Gasteiger partial charge < -0.3 is 9.47 Å². The van der Waals surface area contributed by atoms with Crippen LogP contribution in [0.1, 0.15) is 50.5 Å². The van der Waals surface area contributed by atoms with Crippen molar-refractivity contribution in [3.63, 3.8) is 0 Å². The molecule has 1 aliphatic rings. The average molecular weight is 386 g/mol. The van der Waals surface area contributed by atoms with Gasteiger partial charge in [-0.15, -0.1) is 0 Å². The van der Waals surface area contributed by atoms with Crippen molar-refractivity contribution in [1.82, 2.24) is 10.2 Å². The first kappa shape index (κ1) is 20.0. The summed E-state index contributed by atoms with van der Waals surface area (Å²) >= 11 is 0. The molecule has 1 N–H and O–H groups in total. The number of aromatic amines is 1.